The van der Waals surface area contributed by atoms with Crippen LogP contribution >= 0.6 is 0 Å². The number of esters is 1. The fourth-order valence-corrected chi connectivity index (χ4v) is 2.75. The highest BCUT2D eigenvalue weighted by Crippen LogP contribution is 2.33. The minimum Gasteiger partial charge on any atom is -0.465 e. The van der Waals surface area contributed by atoms with E-state index in [0.717, 1.165) is 12.8 Å². The SMILES string of the molecule is COCCNc1nn(C2CCCCC2)c(N)c1C(=O)OC. The molecule has 0 bridgehead atoms. The molecule has 118 valence electrons. The van der Waals surface area contributed by atoms with E-state index in [9.17, 15) is 4.79 Å². The van der Waals surface area contributed by atoms with Gasteiger partial charge >= 0.3 is 5.97 Å². The van der Waals surface area contributed by atoms with Crippen LogP contribution in [0.15, 0.2) is 0 Å². The number of carbonyl (C=O) groups is 1. The maximum Gasteiger partial charge on any atom is 0.345 e. The van der Waals surface area contributed by atoms with E-state index in [1.165, 1.54) is 26.4 Å². The highest BCUT2D eigenvalue weighted by Gasteiger charge is 2.27. The van der Waals surface area contributed by atoms with Crippen LogP contribution in [0.3, 0.4) is 0 Å². The molecular weight excluding hydrogens is 272 g/mol. The highest BCUT2D eigenvalue weighted by atomic mass is 16.5. The van der Waals surface area contributed by atoms with Crippen molar-refractivity contribution in [2.45, 2.75) is 38.1 Å². The summed E-state index contributed by atoms with van der Waals surface area (Å²) in [6, 6.07) is 0.264. The molecule has 2 rings (SSSR count). The second-order valence-corrected chi connectivity index (χ2v) is 5.26. The Labute approximate surface area is 124 Å². The summed E-state index contributed by atoms with van der Waals surface area (Å²) in [5, 5.41) is 7.59. The third-order valence-electron chi connectivity index (χ3n) is 3.86. The first-order chi connectivity index (χ1) is 10.2. The third kappa shape index (κ3) is 3.47. The van der Waals surface area contributed by atoms with Crippen molar-refractivity contribution in [2.24, 2.45) is 0 Å². The molecule has 0 unspecified atom stereocenters. The molecule has 1 aliphatic rings. The van der Waals surface area contributed by atoms with E-state index in [4.69, 9.17) is 15.2 Å². The summed E-state index contributed by atoms with van der Waals surface area (Å²) in [5.74, 6) is 0.394. The lowest BCUT2D eigenvalue weighted by molar-refractivity contribution is 0.0603. The summed E-state index contributed by atoms with van der Waals surface area (Å²) in [6.07, 6.45) is 5.68. The van der Waals surface area contributed by atoms with E-state index in [0.29, 0.717) is 30.4 Å². The molecule has 0 radical (unpaired) electrons. The van der Waals surface area contributed by atoms with Gasteiger partial charge in [-0.05, 0) is 12.8 Å². The number of methoxy groups -OCH3 is 2. The molecule has 1 aromatic rings. The smallest absolute Gasteiger partial charge is 0.345 e. The summed E-state index contributed by atoms with van der Waals surface area (Å²) in [5.41, 5.74) is 6.46. The number of carbonyl (C=O) groups excluding carboxylic acids is 1. The van der Waals surface area contributed by atoms with Crippen molar-refractivity contribution < 1.29 is 14.3 Å². The van der Waals surface area contributed by atoms with Gasteiger partial charge in [0.05, 0.1) is 19.8 Å². The Morgan fingerprint density at radius 3 is 2.71 bits per heavy atom. The van der Waals surface area contributed by atoms with Crippen LogP contribution in [0.5, 0.6) is 0 Å². The number of aromatic nitrogens is 2. The summed E-state index contributed by atoms with van der Waals surface area (Å²) < 4.78 is 11.6. The fraction of sp³-hybridized carbons (Fsp3) is 0.714. The number of nitrogens with two attached hydrogens (primary N) is 1. The van der Waals surface area contributed by atoms with Gasteiger partial charge in [-0.3, -0.25) is 0 Å². The molecule has 1 aliphatic carbocycles. The van der Waals surface area contributed by atoms with Crippen molar-refractivity contribution in [3.8, 4) is 0 Å². The number of nitrogen functional groups attached to an aromatic ring is 1. The Bertz CT molecular complexity index is 481. The predicted molar refractivity (Wildman–Crippen MR) is 80.5 cm³/mol. The van der Waals surface area contributed by atoms with E-state index in [1.807, 2.05) is 0 Å². The number of nitrogens with one attached hydrogen (secondary N) is 1. The third-order valence-corrected chi connectivity index (χ3v) is 3.86. The van der Waals surface area contributed by atoms with Crippen LogP contribution in [0.4, 0.5) is 11.6 Å². The maximum absolute atomic E-state index is 12.0. The average Bonchev–Trinajstić information content (AvgIpc) is 2.84. The summed E-state index contributed by atoms with van der Waals surface area (Å²) in [7, 11) is 2.97. The molecule has 3 N–H and O–H groups in total. The minimum atomic E-state index is -0.463. The topological polar surface area (TPSA) is 91.4 Å². The Hall–Kier alpha value is -1.76. The first-order valence-corrected chi connectivity index (χ1v) is 7.38. The van der Waals surface area contributed by atoms with Gasteiger partial charge in [0.2, 0.25) is 0 Å². The summed E-state index contributed by atoms with van der Waals surface area (Å²) >= 11 is 0. The fourth-order valence-electron chi connectivity index (χ4n) is 2.75. The monoisotopic (exact) mass is 296 g/mol. The molecule has 0 atom stereocenters. The Kier molecular flexibility index (Phi) is 5.44. The molecule has 1 fully saturated rings. The molecule has 0 spiro atoms. The minimum absolute atomic E-state index is 0.264. The van der Waals surface area contributed by atoms with Gasteiger partial charge in [0.1, 0.15) is 11.4 Å². The van der Waals surface area contributed by atoms with Crippen LogP contribution < -0.4 is 11.1 Å². The lowest BCUT2D eigenvalue weighted by Gasteiger charge is -2.22. The molecule has 0 aromatic carbocycles. The van der Waals surface area contributed by atoms with Crippen molar-refractivity contribution in [2.75, 3.05) is 38.4 Å². The molecule has 1 heterocycles. The van der Waals surface area contributed by atoms with Crippen molar-refractivity contribution >= 4 is 17.6 Å². The number of rotatable bonds is 6. The zero-order valence-corrected chi connectivity index (χ0v) is 12.7. The van der Waals surface area contributed by atoms with Gasteiger partial charge in [0.15, 0.2) is 5.82 Å². The normalized spacial score (nSPS) is 15.9. The number of hydrogen-bond donors (Lipinski definition) is 2. The number of hydrogen-bond acceptors (Lipinski definition) is 6. The van der Waals surface area contributed by atoms with Crippen LogP contribution in [0.1, 0.15) is 48.5 Å². The molecule has 21 heavy (non-hydrogen) atoms. The average molecular weight is 296 g/mol. The maximum atomic E-state index is 12.0. The van der Waals surface area contributed by atoms with Gasteiger partial charge in [-0.15, -0.1) is 0 Å². The first kappa shape index (κ1) is 15.6. The van der Waals surface area contributed by atoms with Gasteiger partial charge in [-0.1, -0.05) is 19.3 Å². The predicted octanol–water partition coefficient (Wildman–Crippen LogP) is 1.82. The standard InChI is InChI=1S/C14H24N4O3/c1-20-9-8-16-13-11(14(19)21-2)12(15)18(17-13)10-6-4-3-5-7-10/h10H,3-9,15H2,1-2H3,(H,16,17). The molecule has 0 amide bonds. The molecule has 1 aromatic heterocycles. The second kappa shape index (κ2) is 7.31. The van der Waals surface area contributed by atoms with Crippen LogP contribution in [-0.4, -0.2) is 43.1 Å². The summed E-state index contributed by atoms with van der Waals surface area (Å²) in [4.78, 5) is 12.0. The molecular formula is C14H24N4O3. The summed E-state index contributed by atoms with van der Waals surface area (Å²) in [6.45, 7) is 1.08. The number of ether oxygens (including phenoxy) is 2. The quantitative estimate of drug-likeness (QED) is 0.614. The van der Waals surface area contributed by atoms with Crippen molar-refractivity contribution in [1.82, 2.24) is 9.78 Å². The Morgan fingerprint density at radius 1 is 1.38 bits per heavy atom. The molecule has 0 saturated heterocycles. The van der Waals surface area contributed by atoms with Crippen molar-refractivity contribution in [1.29, 1.82) is 0 Å². The lowest BCUT2D eigenvalue weighted by Crippen LogP contribution is -2.17. The van der Waals surface area contributed by atoms with E-state index in [2.05, 4.69) is 10.4 Å². The molecule has 7 heteroatoms. The molecule has 1 saturated carbocycles. The van der Waals surface area contributed by atoms with Crippen molar-refractivity contribution in [3.63, 3.8) is 0 Å². The van der Waals surface area contributed by atoms with Gasteiger partial charge in [0, 0.05) is 13.7 Å². The van der Waals surface area contributed by atoms with Crippen LogP contribution in [0.2, 0.25) is 0 Å². The van der Waals surface area contributed by atoms with Crippen LogP contribution in [0.25, 0.3) is 0 Å². The highest BCUT2D eigenvalue weighted by molar-refractivity contribution is 5.99. The molecule has 7 nitrogen and oxygen atoms in total. The Balaban J connectivity index is 2.26. The van der Waals surface area contributed by atoms with Gasteiger partial charge in [-0.2, -0.15) is 5.10 Å². The van der Waals surface area contributed by atoms with E-state index >= 15 is 0 Å². The Morgan fingerprint density at radius 2 is 2.10 bits per heavy atom. The second-order valence-electron chi connectivity index (χ2n) is 5.26. The zero-order valence-electron chi connectivity index (χ0n) is 12.7. The zero-order chi connectivity index (χ0) is 15.2. The van der Waals surface area contributed by atoms with Crippen LogP contribution in [-0.2, 0) is 9.47 Å². The van der Waals surface area contributed by atoms with Gasteiger partial charge in [0.25, 0.3) is 0 Å². The lowest BCUT2D eigenvalue weighted by atomic mass is 9.96. The molecule has 0 aliphatic heterocycles. The first-order valence-electron chi connectivity index (χ1n) is 7.38. The number of anilines is 2. The van der Waals surface area contributed by atoms with E-state index < -0.39 is 5.97 Å². The van der Waals surface area contributed by atoms with E-state index in [-0.39, 0.29) is 6.04 Å². The van der Waals surface area contributed by atoms with Gasteiger partial charge < -0.3 is 20.5 Å². The van der Waals surface area contributed by atoms with Gasteiger partial charge in [-0.25, -0.2) is 9.48 Å². The van der Waals surface area contributed by atoms with E-state index in [1.54, 1.807) is 11.8 Å². The van der Waals surface area contributed by atoms with Crippen molar-refractivity contribution in [3.05, 3.63) is 5.56 Å². The largest absolute Gasteiger partial charge is 0.465 e. The number of nitrogens with zero attached hydrogens (tertiary/aromatic N) is 2. The van der Waals surface area contributed by atoms with Crippen LogP contribution in [0, 0.1) is 0 Å².